The van der Waals surface area contributed by atoms with Crippen molar-refractivity contribution in [3.63, 3.8) is 0 Å². The van der Waals surface area contributed by atoms with Gasteiger partial charge in [-0.3, -0.25) is 0 Å². The summed E-state index contributed by atoms with van der Waals surface area (Å²) >= 11 is 0. The minimum atomic E-state index is 0.642. The van der Waals surface area contributed by atoms with Gasteiger partial charge in [-0.25, -0.2) is 4.98 Å². The summed E-state index contributed by atoms with van der Waals surface area (Å²) in [5.41, 5.74) is 5.08. The van der Waals surface area contributed by atoms with Gasteiger partial charge < -0.3 is 14.5 Å². The lowest BCUT2D eigenvalue weighted by Crippen LogP contribution is -2.11. The van der Waals surface area contributed by atoms with E-state index >= 15 is 0 Å². The predicted molar refractivity (Wildman–Crippen MR) is 82.8 cm³/mol. The third kappa shape index (κ3) is 2.03. The molecule has 21 heavy (non-hydrogen) atoms. The second kappa shape index (κ2) is 4.81. The molecule has 0 atom stereocenters. The van der Waals surface area contributed by atoms with Gasteiger partial charge in [-0.05, 0) is 48.7 Å². The van der Waals surface area contributed by atoms with E-state index in [1.807, 2.05) is 24.3 Å². The first-order chi connectivity index (χ1) is 10.3. The van der Waals surface area contributed by atoms with Gasteiger partial charge in [-0.1, -0.05) is 6.07 Å². The zero-order chi connectivity index (χ0) is 14.2. The van der Waals surface area contributed by atoms with Gasteiger partial charge in [0.25, 0.3) is 0 Å². The van der Waals surface area contributed by atoms with E-state index in [1.165, 1.54) is 11.3 Å². The highest BCUT2D eigenvalue weighted by Gasteiger charge is 2.14. The van der Waals surface area contributed by atoms with Crippen LogP contribution in [0.1, 0.15) is 12.0 Å². The predicted octanol–water partition coefficient (Wildman–Crippen LogP) is 3.86. The lowest BCUT2D eigenvalue weighted by atomic mass is 10.0. The first-order valence-corrected chi connectivity index (χ1v) is 7.16. The monoisotopic (exact) mass is 280 g/mol. The molecule has 1 aliphatic rings. The Morgan fingerprint density at radius 1 is 1.24 bits per heavy atom. The Morgan fingerprint density at radius 3 is 3.10 bits per heavy atom. The number of nitrogens with zero attached hydrogens (tertiary/aromatic N) is 1. The summed E-state index contributed by atoms with van der Waals surface area (Å²) in [6.45, 7) is 1.05. The van der Waals surface area contributed by atoms with Gasteiger partial charge in [-0.15, -0.1) is 0 Å². The second-order valence-electron chi connectivity index (χ2n) is 5.23. The van der Waals surface area contributed by atoms with Crippen molar-refractivity contribution < 1.29 is 9.15 Å². The van der Waals surface area contributed by atoms with Crippen LogP contribution in [0, 0.1) is 0 Å². The minimum absolute atomic E-state index is 0.642. The normalized spacial score (nSPS) is 13.8. The maximum absolute atomic E-state index is 5.88. The van der Waals surface area contributed by atoms with Crippen molar-refractivity contribution in [1.82, 2.24) is 4.98 Å². The van der Waals surface area contributed by atoms with Gasteiger partial charge in [0.2, 0.25) is 5.89 Å². The number of nitrogens with one attached hydrogen (secondary N) is 1. The van der Waals surface area contributed by atoms with Crippen LogP contribution in [0.4, 0.5) is 5.69 Å². The van der Waals surface area contributed by atoms with Crippen LogP contribution in [0.2, 0.25) is 0 Å². The van der Waals surface area contributed by atoms with Crippen molar-refractivity contribution in [3.05, 3.63) is 42.0 Å². The maximum Gasteiger partial charge on any atom is 0.227 e. The molecule has 106 valence electrons. The summed E-state index contributed by atoms with van der Waals surface area (Å²) in [7, 11) is 1.65. The fourth-order valence-corrected chi connectivity index (χ4v) is 2.82. The lowest BCUT2D eigenvalue weighted by molar-refractivity contribution is 0.419. The molecule has 0 saturated heterocycles. The van der Waals surface area contributed by atoms with Crippen LogP contribution in [0.3, 0.4) is 0 Å². The number of oxazole rings is 1. The van der Waals surface area contributed by atoms with Gasteiger partial charge in [0, 0.05) is 17.8 Å². The zero-order valence-electron chi connectivity index (χ0n) is 11.8. The highest BCUT2D eigenvalue weighted by Crippen LogP contribution is 2.32. The van der Waals surface area contributed by atoms with Crippen LogP contribution in [-0.4, -0.2) is 18.6 Å². The third-order valence-corrected chi connectivity index (χ3v) is 3.89. The van der Waals surface area contributed by atoms with E-state index in [9.17, 15) is 0 Å². The Kier molecular flexibility index (Phi) is 2.81. The molecule has 1 aliphatic heterocycles. The van der Waals surface area contributed by atoms with Crippen molar-refractivity contribution in [1.29, 1.82) is 0 Å². The number of rotatable bonds is 2. The summed E-state index contributed by atoms with van der Waals surface area (Å²) in [4.78, 5) is 4.59. The van der Waals surface area contributed by atoms with E-state index in [4.69, 9.17) is 9.15 Å². The fourth-order valence-electron chi connectivity index (χ4n) is 2.82. The van der Waals surface area contributed by atoms with E-state index in [0.29, 0.717) is 5.89 Å². The van der Waals surface area contributed by atoms with Crippen LogP contribution >= 0.6 is 0 Å². The average molecular weight is 280 g/mol. The summed E-state index contributed by atoms with van der Waals surface area (Å²) < 4.78 is 11.2. The fraction of sp³-hybridized carbons (Fsp3) is 0.235. The number of aromatic nitrogens is 1. The molecular formula is C17H16N2O2. The molecule has 0 saturated carbocycles. The van der Waals surface area contributed by atoms with Crippen molar-refractivity contribution in [2.24, 2.45) is 0 Å². The number of benzene rings is 2. The van der Waals surface area contributed by atoms with E-state index in [-0.39, 0.29) is 0 Å². The van der Waals surface area contributed by atoms with Crippen LogP contribution in [0.15, 0.2) is 40.8 Å². The molecule has 4 rings (SSSR count). The number of aryl methyl sites for hydroxylation is 1. The summed E-state index contributed by atoms with van der Waals surface area (Å²) in [6, 6.07) is 12.0. The third-order valence-electron chi connectivity index (χ3n) is 3.89. The zero-order valence-corrected chi connectivity index (χ0v) is 11.8. The van der Waals surface area contributed by atoms with Crippen molar-refractivity contribution in [3.8, 4) is 17.2 Å². The van der Waals surface area contributed by atoms with Gasteiger partial charge >= 0.3 is 0 Å². The Labute approximate surface area is 122 Å². The van der Waals surface area contributed by atoms with Crippen LogP contribution in [-0.2, 0) is 6.42 Å². The van der Waals surface area contributed by atoms with Crippen LogP contribution in [0.5, 0.6) is 5.75 Å². The first kappa shape index (κ1) is 12.3. The SMILES string of the molecule is COc1cccc2oc(-c3ccc4c(c3)CCCN4)nc12. The molecule has 4 nitrogen and oxygen atoms in total. The van der Waals surface area contributed by atoms with Crippen molar-refractivity contribution >= 4 is 16.8 Å². The summed E-state index contributed by atoms with van der Waals surface area (Å²) in [6.07, 6.45) is 2.26. The standard InChI is InChI=1S/C17H16N2O2/c1-20-14-5-2-6-15-16(14)19-17(21-15)12-7-8-13-11(10-12)4-3-9-18-13/h2,5-8,10,18H,3-4,9H2,1H3. The van der Waals surface area contributed by atoms with Crippen LogP contribution < -0.4 is 10.1 Å². The molecule has 4 heteroatoms. The minimum Gasteiger partial charge on any atom is -0.494 e. The molecule has 0 spiro atoms. The Balaban J connectivity index is 1.83. The maximum atomic E-state index is 5.88. The van der Waals surface area contributed by atoms with Gasteiger partial charge in [0.1, 0.15) is 5.75 Å². The van der Waals surface area contributed by atoms with Crippen molar-refractivity contribution in [2.45, 2.75) is 12.8 Å². The highest BCUT2D eigenvalue weighted by atomic mass is 16.5. The number of fused-ring (bicyclic) bond motifs is 2. The van der Waals surface area contributed by atoms with Crippen molar-refractivity contribution in [2.75, 3.05) is 19.0 Å². The van der Waals surface area contributed by atoms with Crippen LogP contribution in [0.25, 0.3) is 22.6 Å². The average Bonchev–Trinajstić information content (AvgIpc) is 2.98. The molecule has 0 radical (unpaired) electrons. The van der Waals surface area contributed by atoms with E-state index < -0.39 is 0 Å². The van der Waals surface area contributed by atoms with Gasteiger partial charge in [0.05, 0.1) is 7.11 Å². The largest absolute Gasteiger partial charge is 0.494 e. The molecule has 0 aliphatic carbocycles. The molecule has 0 amide bonds. The number of hydrogen-bond donors (Lipinski definition) is 1. The molecule has 0 unspecified atom stereocenters. The van der Waals surface area contributed by atoms with Gasteiger partial charge in [0.15, 0.2) is 11.1 Å². The lowest BCUT2D eigenvalue weighted by Gasteiger charge is -2.17. The second-order valence-corrected chi connectivity index (χ2v) is 5.23. The Hall–Kier alpha value is -2.49. The molecular weight excluding hydrogens is 264 g/mol. The summed E-state index contributed by atoms with van der Waals surface area (Å²) in [5.74, 6) is 1.38. The van der Waals surface area contributed by atoms with E-state index in [1.54, 1.807) is 7.11 Å². The Bertz CT molecular complexity index is 808. The smallest absolute Gasteiger partial charge is 0.227 e. The Morgan fingerprint density at radius 2 is 2.19 bits per heavy atom. The first-order valence-electron chi connectivity index (χ1n) is 7.16. The molecule has 2 aromatic carbocycles. The molecule has 2 heterocycles. The van der Waals surface area contributed by atoms with Gasteiger partial charge in [-0.2, -0.15) is 0 Å². The molecule has 1 aromatic heterocycles. The molecule has 1 N–H and O–H groups in total. The summed E-state index contributed by atoms with van der Waals surface area (Å²) in [5, 5.41) is 3.42. The van der Waals surface area contributed by atoms with E-state index in [2.05, 4.69) is 22.4 Å². The molecule has 0 bridgehead atoms. The topological polar surface area (TPSA) is 47.3 Å². The number of anilines is 1. The molecule has 3 aromatic rings. The highest BCUT2D eigenvalue weighted by molar-refractivity contribution is 5.82. The molecule has 0 fully saturated rings. The van der Waals surface area contributed by atoms with E-state index in [0.717, 1.165) is 41.8 Å². The number of ether oxygens (including phenoxy) is 1. The number of para-hydroxylation sites is 1. The number of methoxy groups -OCH3 is 1. The quantitative estimate of drug-likeness (QED) is 0.774. The number of hydrogen-bond acceptors (Lipinski definition) is 4.